The molecule has 0 amide bonds. The molecule has 0 radical (unpaired) electrons. The lowest BCUT2D eigenvalue weighted by Crippen LogP contribution is -2.44. The minimum absolute atomic E-state index is 0.343. The summed E-state index contributed by atoms with van der Waals surface area (Å²) in [6.45, 7) is 2.68. The number of aliphatic carboxylic acids is 1. The van der Waals surface area contributed by atoms with Crippen LogP contribution in [0, 0.1) is 0 Å². The van der Waals surface area contributed by atoms with E-state index in [0.29, 0.717) is 54.2 Å². The predicted molar refractivity (Wildman–Crippen MR) is 109 cm³/mol. The van der Waals surface area contributed by atoms with Crippen molar-refractivity contribution in [2.24, 2.45) is 0 Å². The van der Waals surface area contributed by atoms with Crippen LogP contribution < -0.4 is 10.0 Å². The van der Waals surface area contributed by atoms with E-state index in [4.69, 9.17) is 20.9 Å². The van der Waals surface area contributed by atoms with Gasteiger partial charge in [-0.05, 0) is 61.4 Å². The van der Waals surface area contributed by atoms with Gasteiger partial charge in [-0.2, -0.15) is 0 Å². The smallest absolute Gasteiger partial charge is 0.321 e. The second kappa shape index (κ2) is 9.10. The number of carboxylic acid groups (broad SMARTS) is 1. The van der Waals surface area contributed by atoms with E-state index < -0.39 is 19.5 Å². The van der Waals surface area contributed by atoms with Gasteiger partial charge in [0.05, 0.1) is 11.9 Å². The molecule has 0 saturated carbocycles. The highest BCUT2D eigenvalue weighted by molar-refractivity contribution is 7.64. The summed E-state index contributed by atoms with van der Waals surface area (Å²) in [4.78, 5) is 11.7. The molecule has 2 aromatic carbocycles. The van der Waals surface area contributed by atoms with Crippen LogP contribution in [0.3, 0.4) is 0 Å². The van der Waals surface area contributed by atoms with Gasteiger partial charge in [0.2, 0.25) is 0 Å². The van der Waals surface area contributed by atoms with Gasteiger partial charge in [0, 0.05) is 11.6 Å². The number of carboxylic acids is 1. The largest absolute Gasteiger partial charge is 0.480 e. The summed E-state index contributed by atoms with van der Waals surface area (Å²) >= 11 is 5.87. The van der Waals surface area contributed by atoms with Crippen molar-refractivity contribution in [2.75, 3.05) is 13.2 Å². The summed E-state index contributed by atoms with van der Waals surface area (Å²) in [7, 11) is -3.45. The average Bonchev–Trinajstić information content (AvgIpc) is 2.69. The minimum Gasteiger partial charge on any atom is -0.480 e. The zero-order valence-corrected chi connectivity index (χ0v) is 17.2. The Balaban J connectivity index is 1.84. The van der Waals surface area contributed by atoms with E-state index in [1.54, 1.807) is 48.5 Å². The molecule has 1 fully saturated rings. The lowest BCUT2D eigenvalue weighted by atomic mass is 10.1. The molecule has 0 aliphatic carbocycles. The van der Waals surface area contributed by atoms with Gasteiger partial charge in [0.1, 0.15) is 17.5 Å². The fourth-order valence-electron chi connectivity index (χ4n) is 3.20. The maximum Gasteiger partial charge on any atom is 0.321 e. The first kappa shape index (κ1) is 20.9. The number of rotatable bonds is 7. The Labute approximate surface area is 169 Å². The Morgan fingerprint density at radius 3 is 2.39 bits per heavy atom. The van der Waals surface area contributed by atoms with Crippen molar-refractivity contribution in [3.05, 3.63) is 53.6 Å². The number of hydrogen-bond acceptors (Lipinski definition) is 4. The molecule has 150 valence electrons. The van der Waals surface area contributed by atoms with Gasteiger partial charge in [-0.15, -0.1) is 0 Å². The van der Waals surface area contributed by atoms with Crippen molar-refractivity contribution in [3.63, 3.8) is 0 Å². The molecule has 1 N–H and O–H groups in total. The molecule has 2 aromatic rings. The number of ether oxygens (including phenoxy) is 1. The molecule has 1 aliphatic rings. The first-order valence-electron chi connectivity index (χ1n) is 9.22. The first-order chi connectivity index (χ1) is 13.4. The van der Waals surface area contributed by atoms with E-state index in [1.165, 1.54) is 4.67 Å². The van der Waals surface area contributed by atoms with Crippen molar-refractivity contribution in [1.29, 1.82) is 0 Å². The number of halogens is 1. The Kier molecular flexibility index (Phi) is 6.78. The van der Waals surface area contributed by atoms with Gasteiger partial charge in [0.15, 0.2) is 0 Å². The highest BCUT2D eigenvalue weighted by Gasteiger charge is 2.43. The Hall–Kier alpha value is -1.85. The van der Waals surface area contributed by atoms with Gasteiger partial charge in [-0.3, -0.25) is 9.36 Å². The van der Waals surface area contributed by atoms with Crippen LogP contribution in [0.1, 0.15) is 26.2 Å². The van der Waals surface area contributed by atoms with Crippen molar-refractivity contribution < 1.29 is 23.7 Å². The lowest BCUT2D eigenvalue weighted by Gasteiger charge is -2.38. The normalized spacial score (nSPS) is 21.2. The zero-order valence-electron chi connectivity index (χ0n) is 15.6. The quantitative estimate of drug-likeness (QED) is 0.636. The topological polar surface area (TPSA) is 76.1 Å². The van der Waals surface area contributed by atoms with Crippen LogP contribution in [0.5, 0.6) is 11.5 Å². The summed E-state index contributed by atoms with van der Waals surface area (Å²) in [6, 6.07) is 12.9. The van der Waals surface area contributed by atoms with Crippen LogP contribution in [-0.2, 0) is 13.9 Å². The Bertz CT molecular complexity index is 856. The molecule has 28 heavy (non-hydrogen) atoms. The number of benzene rings is 2. The Morgan fingerprint density at radius 2 is 1.82 bits per heavy atom. The SMILES string of the molecule is CCCC(C(=O)O)N1CCCOP1(=O)c1ccc(Oc2ccc(Cl)cc2)cc1. The third-order valence-corrected chi connectivity index (χ3v) is 7.45. The molecule has 3 rings (SSSR count). The monoisotopic (exact) mass is 423 g/mol. The molecule has 2 atom stereocenters. The van der Waals surface area contributed by atoms with E-state index in [1.807, 2.05) is 6.92 Å². The molecule has 2 unspecified atom stereocenters. The van der Waals surface area contributed by atoms with Crippen molar-refractivity contribution >= 4 is 30.4 Å². The molecule has 6 nitrogen and oxygen atoms in total. The van der Waals surface area contributed by atoms with E-state index in [2.05, 4.69) is 0 Å². The van der Waals surface area contributed by atoms with Gasteiger partial charge in [-0.1, -0.05) is 24.9 Å². The predicted octanol–water partition coefficient (Wildman–Crippen LogP) is 4.93. The maximum absolute atomic E-state index is 13.7. The number of hydrogen-bond donors (Lipinski definition) is 1. The van der Waals surface area contributed by atoms with Crippen molar-refractivity contribution in [2.45, 2.75) is 32.2 Å². The zero-order chi connectivity index (χ0) is 20.1. The molecular formula is C20H23ClNO5P. The molecule has 0 spiro atoms. The molecule has 1 saturated heterocycles. The molecule has 1 heterocycles. The van der Waals surface area contributed by atoms with Gasteiger partial charge >= 0.3 is 13.5 Å². The second-order valence-electron chi connectivity index (χ2n) is 6.56. The van der Waals surface area contributed by atoms with Gasteiger partial charge < -0.3 is 14.4 Å². The maximum atomic E-state index is 13.7. The van der Waals surface area contributed by atoms with Gasteiger partial charge in [-0.25, -0.2) is 4.67 Å². The number of nitrogens with zero attached hydrogens (tertiary/aromatic N) is 1. The molecule has 0 aromatic heterocycles. The summed E-state index contributed by atoms with van der Waals surface area (Å²) in [5.41, 5.74) is 0. The fraction of sp³-hybridized carbons (Fsp3) is 0.350. The summed E-state index contributed by atoms with van der Waals surface area (Å²) in [6.07, 6.45) is 1.75. The standard InChI is InChI=1S/C20H23ClNO5P/c1-2-4-19(20(23)24)22-13-3-14-26-28(22,25)18-11-9-17(10-12-18)27-16-7-5-15(21)6-8-16/h5-12,19H,2-4,13-14H2,1H3,(H,23,24). The van der Waals surface area contributed by atoms with E-state index in [-0.39, 0.29) is 0 Å². The summed E-state index contributed by atoms with van der Waals surface area (Å²) in [5, 5.41) is 10.7. The van der Waals surface area contributed by atoms with Crippen LogP contribution in [0.15, 0.2) is 48.5 Å². The fourth-order valence-corrected chi connectivity index (χ4v) is 5.81. The van der Waals surface area contributed by atoms with Crippen molar-refractivity contribution in [3.8, 4) is 11.5 Å². The van der Waals surface area contributed by atoms with Crippen LogP contribution in [-0.4, -0.2) is 34.9 Å². The second-order valence-corrected chi connectivity index (χ2v) is 9.33. The van der Waals surface area contributed by atoms with Crippen LogP contribution >= 0.6 is 19.1 Å². The first-order valence-corrected chi connectivity index (χ1v) is 11.2. The molecule has 1 aliphatic heterocycles. The highest BCUT2D eigenvalue weighted by Crippen LogP contribution is 2.54. The molecular weight excluding hydrogens is 401 g/mol. The molecule has 0 bridgehead atoms. The summed E-state index contributed by atoms with van der Waals surface area (Å²) < 4.78 is 26.6. The van der Waals surface area contributed by atoms with Crippen molar-refractivity contribution in [1.82, 2.24) is 4.67 Å². The number of carbonyl (C=O) groups is 1. The summed E-state index contributed by atoms with van der Waals surface area (Å²) in [5.74, 6) is 0.230. The van der Waals surface area contributed by atoms with Crippen LogP contribution in [0.2, 0.25) is 5.02 Å². The van der Waals surface area contributed by atoms with Crippen LogP contribution in [0.25, 0.3) is 0 Å². The lowest BCUT2D eigenvalue weighted by molar-refractivity contribution is -0.142. The molecule has 8 heteroatoms. The third kappa shape index (κ3) is 4.58. The Morgan fingerprint density at radius 1 is 1.21 bits per heavy atom. The minimum atomic E-state index is -3.45. The third-order valence-electron chi connectivity index (χ3n) is 4.56. The van der Waals surface area contributed by atoms with Gasteiger partial charge in [0.25, 0.3) is 0 Å². The highest BCUT2D eigenvalue weighted by atomic mass is 35.5. The van der Waals surface area contributed by atoms with Crippen LogP contribution in [0.4, 0.5) is 0 Å². The van der Waals surface area contributed by atoms with E-state index >= 15 is 0 Å². The average molecular weight is 424 g/mol. The van der Waals surface area contributed by atoms with E-state index in [0.717, 1.165) is 0 Å². The van der Waals surface area contributed by atoms with E-state index in [9.17, 15) is 14.5 Å².